The first-order valence-corrected chi connectivity index (χ1v) is 12.0. The van der Waals surface area contributed by atoms with E-state index in [9.17, 15) is 19.5 Å². The van der Waals surface area contributed by atoms with E-state index >= 15 is 0 Å². The molecule has 1 aliphatic rings. The number of amides is 4. The first kappa shape index (κ1) is 25.3. The third kappa shape index (κ3) is 5.37. The molecular formula is C26H20BrClN2O6. The summed E-state index contributed by atoms with van der Waals surface area (Å²) in [5.41, 5.74) is 1.21. The number of halogens is 2. The van der Waals surface area contributed by atoms with E-state index in [-0.39, 0.29) is 23.6 Å². The minimum Gasteiger partial charge on any atom is -0.508 e. The highest BCUT2D eigenvalue weighted by molar-refractivity contribution is 9.10. The number of rotatable bonds is 7. The lowest BCUT2D eigenvalue weighted by atomic mass is 10.1. The second-order valence-electron chi connectivity index (χ2n) is 7.62. The Balaban J connectivity index is 1.66. The first-order chi connectivity index (χ1) is 17.3. The molecule has 0 saturated carbocycles. The van der Waals surface area contributed by atoms with Gasteiger partial charge in [-0.15, -0.1) is 0 Å². The van der Waals surface area contributed by atoms with Gasteiger partial charge in [0.1, 0.15) is 17.9 Å². The molecule has 10 heteroatoms. The fraction of sp³-hybridized carbons (Fsp3) is 0.115. The molecule has 2 N–H and O–H groups in total. The van der Waals surface area contributed by atoms with Gasteiger partial charge in [-0.1, -0.05) is 29.8 Å². The highest BCUT2D eigenvalue weighted by Gasteiger charge is 2.36. The number of hydrogen-bond acceptors (Lipinski definition) is 6. The molecule has 4 amide bonds. The molecule has 1 aliphatic heterocycles. The Morgan fingerprint density at radius 1 is 1.06 bits per heavy atom. The molecule has 36 heavy (non-hydrogen) atoms. The second-order valence-corrected chi connectivity index (χ2v) is 8.88. The van der Waals surface area contributed by atoms with E-state index in [1.165, 1.54) is 30.3 Å². The molecule has 0 aromatic heterocycles. The van der Waals surface area contributed by atoms with Crippen molar-refractivity contribution in [3.63, 3.8) is 0 Å². The van der Waals surface area contributed by atoms with Crippen molar-refractivity contribution < 1.29 is 29.0 Å². The van der Waals surface area contributed by atoms with Gasteiger partial charge in [-0.05, 0) is 77.0 Å². The zero-order valence-corrected chi connectivity index (χ0v) is 21.3. The lowest BCUT2D eigenvalue weighted by Crippen LogP contribution is -2.54. The summed E-state index contributed by atoms with van der Waals surface area (Å²) < 4.78 is 12.3. The Kier molecular flexibility index (Phi) is 7.61. The van der Waals surface area contributed by atoms with E-state index < -0.39 is 17.8 Å². The molecule has 8 nitrogen and oxygen atoms in total. The van der Waals surface area contributed by atoms with E-state index in [0.29, 0.717) is 33.2 Å². The van der Waals surface area contributed by atoms with Crippen LogP contribution in [0.4, 0.5) is 10.5 Å². The van der Waals surface area contributed by atoms with Crippen LogP contribution in [0.1, 0.15) is 18.1 Å². The number of aromatic hydroxyl groups is 1. The molecule has 1 saturated heterocycles. The molecule has 4 rings (SSSR count). The average Bonchev–Trinajstić information content (AvgIpc) is 2.83. The van der Waals surface area contributed by atoms with Crippen LogP contribution in [0.2, 0.25) is 5.02 Å². The maximum atomic E-state index is 13.1. The Labute approximate surface area is 220 Å². The smallest absolute Gasteiger partial charge is 0.335 e. The number of ether oxygens (including phenoxy) is 2. The lowest BCUT2D eigenvalue weighted by molar-refractivity contribution is -0.122. The van der Waals surface area contributed by atoms with Gasteiger partial charge in [0, 0.05) is 10.6 Å². The van der Waals surface area contributed by atoms with E-state index in [0.717, 1.165) is 10.5 Å². The van der Waals surface area contributed by atoms with Crippen LogP contribution in [0.15, 0.2) is 70.7 Å². The van der Waals surface area contributed by atoms with Crippen molar-refractivity contribution in [2.24, 2.45) is 0 Å². The van der Waals surface area contributed by atoms with E-state index in [4.69, 9.17) is 21.1 Å². The minimum atomic E-state index is -0.882. The van der Waals surface area contributed by atoms with Gasteiger partial charge < -0.3 is 14.6 Å². The molecule has 1 fully saturated rings. The number of phenols is 1. The normalized spacial score (nSPS) is 14.7. The van der Waals surface area contributed by atoms with E-state index in [1.807, 2.05) is 25.1 Å². The summed E-state index contributed by atoms with van der Waals surface area (Å²) in [4.78, 5) is 38.9. The largest absolute Gasteiger partial charge is 0.508 e. The molecule has 0 unspecified atom stereocenters. The maximum Gasteiger partial charge on any atom is 0.335 e. The second kappa shape index (κ2) is 10.8. The fourth-order valence-corrected chi connectivity index (χ4v) is 4.26. The van der Waals surface area contributed by atoms with Gasteiger partial charge in [-0.2, -0.15) is 0 Å². The van der Waals surface area contributed by atoms with Crippen LogP contribution in [-0.2, 0) is 16.2 Å². The highest BCUT2D eigenvalue weighted by atomic mass is 79.9. The fourth-order valence-electron chi connectivity index (χ4n) is 3.50. The van der Waals surface area contributed by atoms with Gasteiger partial charge in [0.05, 0.1) is 16.8 Å². The third-order valence-corrected chi connectivity index (χ3v) is 6.14. The van der Waals surface area contributed by atoms with Crippen LogP contribution in [-0.4, -0.2) is 29.6 Å². The molecule has 0 atom stereocenters. The predicted molar refractivity (Wildman–Crippen MR) is 138 cm³/mol. The van der Waals surface area contributed by atoms with Gasteiger partial charge in [0.15, 0.2) is 11.5 Å². The number of phenolic OH excluding ortho intramolecular Hbond substituents is 1. The molecule has 0 spiro atoms. The molecular weight excluding hydrogens is 552 g/mol. The molecule has 184 valence electrons. The number of carbonyl (C=O) groups is 3. The standard InChI is InChI=1S/C26H20BrClN2O6/c1-2-35-22-13-15(12-20(27)23(22)36-14-16-5-3-4-6-21(16)28)11-19-24(32)29-26(34)30(25(19)33)17-7-9-18(31)10-8-17/h3-13,31H,2,14H2,1H3,(H,29,32,34)/b19-11+. The van der Waals surface area contributed by atoms with E-state index in [2.05, 4.69) is 21.2 Å². The maximum absolute atomic E-state index is 13.1. The van der Waals surface area contributed by atoms with Gasteiger partial charge in [0.25, 0.3) is 11.8 Å². The summed E-state index contributed by atoms with van der Waals surface area (Å²) in [6, 6.07) is 15.2. The van der Waals surface area contributed by atoms with Crippen LogP contribution in [0.5, 0.6) is 17.2 Å². The minimum absolute atomic E-state index is 0.0272. The molecule has 0 bridgehead atoms. The number of urea groups is 1. The summed E-state index contributed by atoms with van der Waals surface area (Å²) in [7, 11) is 0. The predicted octanol–water partition coefficient (Wildman–Crippen LogP) is 5.45. The molecule has 3 aromatic carbocycles. The number of imide groups is 2. The molecule has 1 heterocycles. The third-order valence-electron chi connectivity index (χ3n) is 5.18. The van der Waals surface area contributed by atoms with Gasteiger partial charge in [-0.3, -0.25) is 14.9 Å². The number of carbonyl (C=O) groups excluding carboxylic acids is 3. The highest BCUT2D eigenvalue weighted by Crippen LogP contribution is 2.38. The first-order valence-electron chi connectivity index (χ1n) is 10.8. The van der Waals surface area contributed by atoms with Crippen molar-refractivity contribution in [3.8, 4) is 17.2 Å². The van der Waals surface area contributed by atoms with Crippen molar-refractivity contribution in [1.82, 2.24) is 5.32 Å². The van der Waals surface area contributed by atoms with Crippen molar-refractivity contribution in [2.75, 3.05) is 11.5 Å². The Bertz CT molecular complexity index is 1370. The van der Waals surface area contributed by atoms with Gasteiger partial charge >= 0.3 is 6.03 Å². The Hall–Kier alpha value is -3.82. The zero-order valence-electron chi connectivity index (χ0n) is 19.0. The summed E-state index contributed by atoms with van der Waals surface area (Å²) in [6.07, 6.45) is 1.36. The zero-order chi connectivity index (χ0) is 25.8. The van der Waals surface area contributed by atoms with Crippen molar-refractivity contribution in [3.05, 3.63) is 86.9 Å². The monoisotopic (exact) mass is 570 g/mol. The molecule has 0 aliphatic carbocycles. The quantitative estimate of drug-likeness (QED) is 0.289. The van der Waals surface area contributed by atoms with Crippen LogP contribution in [0, 0.1) is 0 Å². The van der Waals surface area contributed by atoms with Crippen molar-refractivity contribution >= 4 is 57.1 Å². The van der Waals surface area contributed by atoms with E-state index in [1.54, 1.807) is 18.2 Å². The van der Waals surface area contributed by atoms with Crippen LogP contribution in [0.3, 0.4) is 0 Å². The Morgan fingerprint density at radius 3 is 2.47 bits per heavy atom. The number of nitrogens with zero attached hydrogens (tertiary/aromatic N) is 1. The average molecular weight is 572 g/mol. The summed E-state index contributed by atoms with van der Waals surface area (Å²) >= 11 is 9.70. The van der Waals surface area contributed by atoms with Crippen molar-refractivity contribution in [1.29, 1.82) is 0 Å². The number of hydrogen-bond donors (Lipinski definition) is 2. The topological polar surface area (TPSA) is 105 Å². The molecule has 0 radical (unpaired) electrons. The Morgan fingerprint density at radius 2 is 1.78 bits per heavy atom. The SMILES string of the molecule is CCOc1cc(/C=C2\C(=O)NC(=O)N(c3ccc(O)cc3)C2=O)cc(Br)c1OCc1ccccc1Cl. The molecule has 3 aromatic rings. The van der Waals surface area contributed by atoms with Crippen LogP contribution < -0.4 is 19.7 Å². The summed E-state index contributed by atoms with van der Waals surface area (Å²) in [5.74, 6) is -0.837. The van der Waals surface area contributed by atoms with Gasteiger partial charge in [0.2, 0.25) is 0 Å². The lowest BCUT2D eigenvalue weighted by Gasteiger charge is -2.26. The number of benzene rings is 3. The number of barbiturate groups is 1. The van der Waals surface area contributed by atoms with Crippen LogP contribution in [0.25, 0.3) is 6.08 Å². The summed E-state index contributed by atoms with van der Waals surface area (Å²) in [5, 5.41) is 12.2. The van der Waals surface area contributed by atoms with Gasteiger partial charge in [-0.25, -0.2) is 9.69 Å². The van der Waals surface area contributed by atoms with Crippen molar-refractivity contribution in [2.45, 2.75) is 13.5 Å². The number of anilines is 1. The van der Waals surface area contributed by atoms with Crippen LogP contribution >= 0.6 is 27.5 Å². The number of nitrogens with one attached hydrogen (secondary N) is 1. The summed E-state index contributed by atoms with van der Waals surface area (Å²) in [6.45, 7) is 2.36.